The van der Waals surface area contributed by atoms with Gasteiger partial charge in [-0.15, -0.1) is 0 Å². The second kappa shape index (κ2) is 5.17. The highest BCUT2D eigenvalue weighted by Gasteiger charge is 2.23. The molecule has 1 aliphatic carbocycles. The Kier molecular flexibility index (Phi) is 3.61. The van der Waals surface area contributed by atoms with E-state index in [2.05, 4.69) is 17.2 Å². The van der Waals surface area contributed by atoms with Gasteiger partial charge >= 0.3 is 0 Å². The summed E-state index contributed by atoms with van der Waals surface area (Å²) < 4.78 is 0. The maximum Gasteiger partial charge on any atom is 0.255 e. The summed E-state index contributed by atoms with van der Waals surface area (Å²) in [5, 5.41) is 3.07. The SMILES string of the molecule is C[C@H]1CCCC[C@@H]1NC(=O)c1cccnc1N. The molecule has 92 valence electrons. The number of rotatable bonds is 2. The van der Waals surface area contributed by atoms with E-state index in [9.17, 15) is 4.79 Å². The van der Waals surface area contributed by atoms with Crippen molar-refractivity contribution in [1.29, 1.82) is 0 Å². The van der Waals surface area contributed by atoms with Crippen LogP contribution in [0, 0.1) is 5.92 Å². The first-order chi connectivity index (χ1) is 8.18. The largest absolute Gasteiger partial charge is 0.383 e. The van der Waals surface area contributed by atoms with E-state index in [4.69, 9.17) is 5.73 Å². The molecule has 4 nitrogen and oxygen atoms in total. The van der Waals surface area contributed by atoms with Crippen LogP contribution < -0.4 is 11.1 Å². The molecule has 0 saturated heterocycles. The van der Waals surface area contributed by atoms with E-state index in [1.165, 1.54) is 19.3 Å². The average Bonchev–Trinajstić information content (AvgIpc) is 2.32. The Bertz CT molecular complexity index is 405. The lowest BCUT2D eigenvalue weighted by atomic mass is 9.86. The maximum atomic E-state index is 12.0. The summed E-state index contributed by atoms with van der Waals surface area (Å²) in [4.78, 5) is 16.0. The summed E-state index contributed by atoms with van der Waals surface area (Å²) in [7, 11) is 0. The number of amides is 1. The van der Waals surface area contributed by atoms with Gasteiger partial charge in [-0.1, -0.05) is 19.8 Å². The number of nitrogens with zero attached hydrogens (tertiary/aromatic N) is 1. The molecule has 1 fully saturated rings. The number of nitrogens with one attached hydrogen (secondary N) is 1. The third-order valence-electron chi connectivity index (χ3n) is 3.51. The van der Waals surface area contributed by atoms with Crippen molar-refractivity contribution in [2.75, 3.05) is 5.73 Å². The zero-order valence-electron chi connectivity index (χ0n) is 10.1. The monoisotopic (exact) mass is 233 g/mol. The summed E-state index contributed by atoms with van der Waals surface area (Å²) in [6, 6.07) is 3.72. The number of hydrogen-bond acceptors (Lipinski definition) is 3. The van der Waals surface area contributed by atoms with E-state index in [0.717, 1.165) is 6.42 Å². The topological polar surface area (TPSA) is 68.0 Å². The molecular weight excluding hydrogens is 214 g/mol. The number of nitrogen functional groups attached to an aromatic ring is 1. The molecule has 1 heterocycles. The fraction of sp³-hybridized carbons (Fsp3) is 0.538. The smallest absolute Gasteiger partial charge is 0.255 e. The molecule has 2 atom stereocenters. The molecule has 3 N–H and O–H groups in total. The molecule has 1 aromatic heterocycles. The third-order valence-corrected chi connectivity index (χ3v) is 3.51. The highest BCUT2D eigenvalue weighted by atomic mass is 16.1. The third kappa shape index (κ3) is 2.75. The first-order valence-corrected chi connectivity index (χ1v) is 6.20. The van der Waals surface area contributed by atoms with Crippen LogP contribution in [-0.4, -0.2) is 16.9 Å². The molecule has 0 radical (unpaired) electrons. The van der Waals surface area contributed by atoms with Gasteiger partial charge in [0.05, 0.1) is 5.56 Å². The summed E-state index contributed by atoms with van der Waals surface area (Å²) in [6.45, 7) is 2.19. The predicted octanol–water partition coefficient (Wildman–Crippen LogP) is 1.97. The standard InChI is InChI=1S/C13H19N3O/c1-9-5-2-3-7-11(9)16-13(17)10-6-4-8-15-12(10)14/h4,6,8-9,11H,2-3,5,7H2,1H3,(H2,14,15)(H,16,17)/t9-,11-/m0/s1. The van der Waals surface area contributed by atoms with Crippen molar-refractivity contribution in [3.63, 3.8) is 0 Å². The van der Waals surface area contributed by atoms with Crippen molar-refractivity contribution >= 4 is 11.7 Å². The van der Waals surface area contributed by atoms with Gasteiger partial charge in [0, 0.05) is 12.2 Å². The van der Waals surface area contributed by atoms with E-state index in [-0.39, 0.29) is 11.9 Å². The van der Waals surface area contributed by atoms with Crippen LogP contribution in [0.5, 0.6) is 0 Å². The number of hydrogen-bond donors (Lipinski definition) is 2. The van der Waals surface area contributed by atoms with Crippen molar-refractivity contribution in [3.8, 4) is 0 Å². The molecule has 4 heteroatoms. The Morgan fingerprint density at radius 1 is 1.47 bits per heavy atom. The second-order valence-corrected chi connectivity index (χ2v) is 4.78. The van der Waals surface area contributed by atoms with E-state index >= 15 is 0 Å². The summed E-state index contributed by atoms with van der Waals surface area (Å²) in [5.74, 6) is 0.744. The van der Waals surface area contributed by atoms with Gasteiger partial charge < -0.3 is 11.1 Å². The molecule has 17 heavy (non-hydrogen) atoms. The predicted molar refractivity (Wildman–Crippen MR) is 67.5 cm³/mol. The Morgan fingerprint density at radius 2 is 2.24 bits per heavy atom. The lowest BCUT2D eigenvalue weighted by molar-refractivity contribution is 0.0911. The number of carbonyl (C=O) groups excluding carboxylic acids is 1. The second-order valence-electron chi connectivity index (χ2n) is 4.78. The molecule has 1 aliphatic rings. The van der Waals surface area contributed by atoms with Crippen LogP contribution in [0.25, 0.3) is 0 Å². The van der Waals surface area contributed by atoms with E-state index in [0.29, 0.717) is 17.3 Å². The summed E-state index contributed by atoms with van der Waals surface area (Å²) in [6.07, 6.45) is 6.30. The fourth-order valence-corrected chi connectivity index (χ4v) is 2.39. The Hall–Kier alpha value is -1.58. The lowest BCUT2D eigenvalue weighted by Crippen LogP contribution is -2.41. The van der Waals surface area contributed by atoms with Gasteiger partial charge in [0.15, 0.2) is 0 Å². The number of anilines is 1. The molecule has 0 aromatic carbocycles. The molecule has 0 unspecified atom stereocenters. The van der Waals surface area contributed by atoms with Crippen molar-refractivity contribution in [2.24, 2.45) is 5.92 Å². The first-order valence-electron chi connectivity index (χ1n) is 6.20. The highest BCUT2D eigenvalue weighted by molar-refractivity contribution is 5.98. The maximum absolute atomic E-state index is 12.0. The Morgan fingerprint density at radius 3 is 2.94 bits per heavy atom. The van der Waals surface area contributed by atoms with Crippen molar-refractivity contribution < 1.29 is 4.79 Å². The Balaban J connectivity index is 2.04. The molecule has 1 amide bonds. The summed E-state index contributed by atoms with van der Waals surface area (Å²) in [5.41, 5.74) is 6.17. The molecule has 0 bridgehead atoms. The van der Waals surface area contributed by atoms with E-state index < -0.39 is 0 Å². The normalized spacial score (nSPS) is 24.3. The van der Waals surface area contributed by atoms with Gasteiger partial charge in [-0.05, 0) is 30.9 Å². The number of pyridine rings is 1. The lowest BCUT2D eigenvalue weighted by Gasteiger charge is -2.29. The van der Waals surface area contributed by atoms with Gasteiger partial charge in [0.25, 0.3) is 5.91 Å². The molecule has 2 rings (SSSR count). The first kappa shape index (κ1) is 11.9. The van der Waals surface area contributed by atoms with Crippen LogP contribution in [0.3, 0.4) is 0 Å². The Labute approximate surface area is 102 Å². The van der Waals surface area contributed by atoms with Gasteiger partial charge in [-0.25, -0.2) is 4.98 Å². The molecule has 1 saturated carbocycles. The van der Waals surface area contributed by atoms with Gasteiger partial charge in [-0.2, -0.15) is 0 Å². The van der Waals surface area contributed by atoms with Crippen LogP contribution >= 0.6 is 0 Å². The molecule has 0 spiro atoms. The number of nitrogens with two attached hydrogens (primary N) is 1. The molecular formula is C13H19N3O. The van der Waals surface area contributed by atoms with E-state index in [1.807, 2.05) is 0 Å². The van der Waals surface area contributed by atoms with Crippen LogP contribution in [0.2, 0.25) is 0 Å². The minimum Gasteiger partial charge on any atom is -0.383 e. The van der Waals surface area contributed by atoms with Crippen LogP contribution in [0.15, 0.2) is 18.3 Å². The van der Waals surface area contributed by atoms with Gasteiger partial charge in [0.2, 0.25) is 0 Å². The van der Waals surface area contributed by atoms with Gasteiger partial charge in [-0.3, -0.25) is 4.79 Å². The zero-order chi connectivity index (χ0) is 12.3. The molecule has 1 aromatic rings. The summed E-state index contributed by atoms with van der Waals surface area (Å²) >= 11 is 0. The quantitative estimate of drug-likeness (QED) is 0.820. The van der Waals surface area contributed by atoms with Crippen LogP contribution in [-0.2, 0) is 0 Å². The highest BCUT2D eigenvalue weighted by Crippen LogP contribution is 2.24. The number of carbonyl (C=O) groups is 1. The minimum absolute atomic E-state index is 0.102. The number of aromatic nitrogens is 1. The van der Waals surface area contributed by atoms with E-state index in [1.54, 1.807) is 18.3 Å². The van der Waals surface area contributed by atoms with Gasteiger partial charge in [0.1, 0.15) is 5.82 Å². The van der Waals surface area contributed by atoms with Crippen molar-refractivity contribution in [3.05, 3.63) is 23.9 Å². The van der Waals surface area contributed by atoms with Crippen LogP contribution in [0.1, 0.15) is 43.0 Å². The fourth-order valence-electron chi connectivity index (χ4n) is 2.39. The van der Waals surface area contributed by atoms with Crippen LogP contribution in [0.4, 0.5) is 5.82 Å². The zero-order valence-corrected chi connectivity index (χ0v) is 10.1. The minimum atomic E-state index is -0.102. The average molecular weight is 233 g/mol. The van der Waals surface area contributed by atoms with Crippen molar-refractivity contribution in [1.82, 2.24) is 10.3 Å². The molecule has 0 aliphatic heterocycles. The van der Waals surface area contributed by atoms with Crippen molar-refractivity contribution in [2.45, 2.75) is 38.6 Å².